The van der Waals surface area contributed by atoms with Crippen LogP contribution in [0.1, 0.15) is 60.0 Å². The molecule has 2 aromatic heterocycles. The number of aromatic carboxylic acids is 1. The Kier molecular flexibility index (Phi) is 8.14. The summed E-state index contributed by atoms with van der Waals surface area (Å²) in [6.45, 7) is 6.01. The minimum Gasteiger partial charge on any atom is -0.478 e. The number of amides is 1. The van der Waals surface area contributed by atoms with E-state index in [4.69, 9.17) is 21.0 Å². The van der Waals surface area contributed by atoms with Crippen LogP contribution in [0.3, 0.4) is 0 Å². The first-order valence-corrected chi connectivity index (χ1v) is 15.4. The molecule has 5 aromatic rings. The zero-order valence-electron chi connectivity index (χ0n) is 24.6. The molecule has 1 amide bonds. The summed E-state index contributed by atoms with van der Waals surface area (Å²) in [5, 5.41) is 12.3. The van der Waals surface area contributed by atoms with Crippen LogP contribution in [-0.4, -0.2) is 21.6 Å². The SMILES string of the molecule is CC1=C(C(=O)Nc2ccccc2)[C@@H](c2ccc(C(C)C)cc2)n2c(s/c(=C\c3ccc(-c4ccc(C(=O)O)c(Cl)c4)o3)c2=O)=N1. The highest BCUT2D eigenvalue weighted by molar-refractivity contribution is 7.07. The van der Waals surface area contributed by atoms with Crippen molar-refractivity contribution in [1.82, 2.24) is 4.57 Å². The van der Waals surface area contributed by atoms with Crippen LogP contribution < -0.4 is 20.2 Å². The van der Waals surface area contributed by atoms with Crippen molar-refractivity contribution in [3.63, 3.8) is 0 Å². The second-order valence-corrected chi connectivity index (χ2v) is 12.3. The Bertz CT molecular complexity index is 2160. The molecule has 3 aromatic carbocycles. The summed E-state index contributed by atoms with van der Waals surface area (Å²) in [7, 11) is 0. The number of carboxylic acids is 1. The topological polar surface area (TPSA) is 114 Å². The van der Waals surface area contributed by atoms with Gasteiger partial charge < -0.3 is 14.8 Å². The first kappa shape index (κ1) is 30.1. The van der Waals surface area contributed by atoms with Crippen LogP contribution in [0.2, 0.25) is 5.02 Å². The summed E-state index contributed by atoms with van der Waals surface area (Å²) in [6, 6.07) is 24.4. The maximum Gasteiger partial charge on any atom is 0.337 e. The predicted molar refractivity (Wildman–Crippen MR) is 175 cm³/mol. The smallest absolute Gasteiger partial charge is 0.337 e. The van der Waals surface area contributed by atoms with E-state index >= 15 is 0 Å². The molecule has 0 saturated carbocycles. The molecule has 1 atom stereocenters. The van der Waals surface area contributed by atoms with Gasteiger partial charge in [0.15, 0.2) is 4.80 Å². The van der Waals surface area contributed by atoms with E-state index in [0.29, 0.717) is 49.3 Å². The summed E-state index contributed by atoms with van der Waals surface area (Å²) < 4.78 is 7.96. The number of hydrogen-bond donors (Lipinski definition) is 2. The lowest BCUT2D eigenvalue weighted by atomic mass is 9.93. The molecule has 6 rings (SSSR count). The molecule has 0 bridgehead atoms. The Labute approximate surface area is 267 Å². The fourth-order valence-electron chi connectivity index (χ4n) is 5.27. The maximum absolute atomic E-state index is 14.0. The molecule has 3 heterocycles. The summed E-state index contributed by atoms with van der Waals surface area (Å²) in [4.78, 5) is 44.3. The molecule has 1 aliphatic rings. The molecule has 10 heteroatoms. The summed E-state index contributed by atoms with van der Waals surface area (Å²) in [5.41, 5.74) is 3.78. The Balaban J connectivity index is 1.43. The van der Waals surface area contributed by atoms with Crippen LogP contribution in [-0.2, 0) is 4.79 Å². The number of nitrogens with zero attached hydrogens (tertiary/aromatic N) is 2. The number of anilines is 1. The summed E-state index contributed by atoms with van der Waals surface area (Å²) >= 11 is 7.37. The third-order valence-corrected chi connectivity index (χ3v) is 8.90. The van der Waals surface area contributed by atoms with Gasteiger partial charge in [-0.3, -0.25) is 14.2 Å². The van der Waals surface area contributed by atoms with Crippen LogP contribution >= 0.6 is 22.9 Å². The molecule has 8 nitrogen and oxygen atoms in total. The number of rotatable bonds is 7. The van der Waals surface area contributed by atoms with Gasteiger partial charge in [-0.2, -0.15) is 0 Å². The average Bonchev–Trinajstić information content (AvgIpc) is 3.60. The van der Waals surface area contributed by atoms with Gasteiger partial charge in [0.25, 0.3) is 11.5 Å². The molecule has 0 saturated heterocycles. The fourth-order valence-corrected chi connectivity index (χ4v) is 6.55. The number of carboxylic acid groups (broad SMARTS) is 1. The number of hydrogen-bond acceptors (Lipinski definition) is 6. The van der Waals surface area contributed by atoms with Gasteiger partial charge in [0.1, 0.15) is 11.5 Å². The van der Waals surface area contributed by atoms with Crippen LogP contribution in [0.25, 0.3) is 17.4 Å². The number of para-hydroxylation sites is 1. The number of halogens is 1. The summed E-state index contributed by atoms with van der Waals surface area (Å²) in [6.07, 6.45) is 1.64. The van der Waals surface area contributed by atoms with Gasteiger partial charge in [0, 0.05) is 17.3 Å². The fraction of sp³-hybridized carbons (Fsp3) is 0.143. The van der Waals surface area contributed by atoms with Crippen LogP contribution in [0.15, 0.2) is 110 Å². The lowest BCUT2D eigenvalue weighted by molar-refractivity contribution is -0.113. The standard InChI is InChI=1S/C35H28ClN3O5S/c1-19(2)21-9-11-22(12-10-21)31-30(32(40)38-24-7-5-4-6-8-24)20(3)37-35-39(31)33(41)29(45-35)18-25-14-16-28(44-25)23-13-15-26(34(42)43)27(36)17-23/h4-19,31H,1-3H3,(H,38,40)(H,42,43)/b29-18-/t31-/m1/s1. The third-order valence-electron chi connectivity index (χ3n) is 7.60. The molecular weight excluding hydrogens is 610 g/mol. The molecule has 2 N–H and O–H groups in total. The first-order valence-electron chi connectivity index (χ1n) is 14.2. The molecule has 0 radical (unpaired) electrons. The molecule has 0 spiro atoms. The highest BCUT2D eigenvalue weighted by atomic mass is 35.5. The second-order valence-electron chi connectivity index (χ2n) is 10.9. The Morgan fingerprint density at radius 1 is 1.04 bits per heavy atom. The number of fused-ring (bicyclic) bond motifs is 1. The van der Waals surface area contributed by atoms with E-state index in [2.05, 4.69) is 19.2 Å². The highest BCUT2D eigenvalue weighted by Crippen LogP contribution is 2.32. The zero-order valence-corrected chi connectivity index (χ0v) is 26.1. The molecular formula is C35H28ClN3O5S. The zero-order chi connectivity index (χ0) is 31.8. The van der Waals surface area contributed by atoms with E-state index < -0.39 is 12.0 Å². The van der Waals surface area contributed by atoms with Crippen molar-refractivity contribution in [2.45, 2.75) is 32.7 Å². The number of allylic oxidation sites excluding steroid dienone is 1. The van der Waals surface area contributed by atoms with E-state index in [1.807, 2.05) is 54.6 Å². The van der Waals surface area contributed by atoms with Gasteiger partial charge >= 0.3 is 5.97 Å². The minimum atomic E-state index is -1.12. The van der Waals surface area contributed by atoms with Crippen LogP contribution in [0.5, 0.6) is 0 Å². The van der Waals surface area contributed by atoms with E-state index in [-0.39, 0.29) is 22.1 Å². The predicted octanol–water partition coefficient (Wildman–Crippen LogP) is 6.61. The van der Waals surface area contributed by atoms with Gasteiger partial charge in [-0.25, -0.2) is 9.79 Å². The van der Waals surface area contributed by atoms with Crippen molar-refractivity contribution in [3.8, 4) is 11.3 Å². The molecule has 226 valence electrons. The lowest BCUT2D eigenvalue weighted by Crippen LogP contribution is -2.40. The quantitative estimate of drug-likeness (QED) is 0.209. The van der Waals surface area contributed by atoms with Gasteiger partial charge in [-0.1, -0.05) is 85.3 Å². The van der Waals surface area contributed by atoms with Gasteiger partial charge in [0.2, 0.25) is 0 Å². The maximum atomic E-state index is 14.0. The monoisotopic (exact) mass is 637 g/mol. The van der Waals surface area contributed by atoms with Crippen molar-refractivity contribution in [2.75, 3.05) is 5.32 Å². The third kappa shape index (κ3) is 5.92. The number of thiazole rings is 1. The number of aromatic nitrogens is 1. The van der Waals surface area contributed by atoms with Gasteiger partial charge in [0.05, 0.1) is 32.4 Å². The number of nitrogens with one attached hydrogen (secondary N) is 1. The van der Waals surface area contributed by atoms with Crippen LogP contribution in [0, 0.1) is 0 Å². The molecule has 1 aliphatic heterocycles. The number of carbonyl (C=O) groups excluding carboxylic acids is 1. The molecule has 0 unspecified atom stereocenters. The average molecular weight is 638 g/mol. The molecule has 0 fully saturated rings. The van der Waals surface area contributed by atoms with Crippen LogP contribution in [0.4, 0.5) is 5.69 Å². The Morgan fingerprint density at radius 3 is 2.44 bits per heavy atom. The van der Waals surface area contributed by atoms with E-state index in [1.54, 1.807) is 35.8 Å². The van der Waals surface area contributed by atoms with Gasteiger partial charge in [-0.15, -0.1) is 0 Å². The normalized spacial score (nSPS) is 14.8. The van der Waals surface area contributed by atoms with E-state index in [1.165, 1.54) is 23.5 Å². The van der Waals surface area contributed by atoms with E-state index in [0.717, 1.165) is 11.1 Å². The van der Waals surface area contributed by atoms with Crippen molar-refractivity contribution in [1.29, 1.82) is 0 Å². The highest BCUT2D eigenvalue weighted by Gasteiger charge is 2.32. The number of benzene rings is 3. The Morgan fingerprint density at radius 2 is 1.78 bits per heavy atom. The van der Waals surface area contributed by atoms with Crippen molar-refractivity contribution >= 4 is 46.6 Å². The van der Waals surface area contributed by atoms with Gasteiger partial charge in [-0.05, 0) is 60.4 Å². The Hall–Kier alpha value is -4.99. The lowest BCUT2D eigenvalue weighted by Gasteiger charge is -2.25. The van der Waals surface area contributed by atoms with Crippen molar-refractivity contribution in [2.24, 2.45) is 4.99 Å². The van der Waals surface area contributed by atoms with E-state index in [9.17, 15) is 19.5 Å². The van der Waals surface area contributed by atoms with Crippen molar-refractivity contribution in [3.05, 3.63) is 143 Å². The minimum absolute atomic E-state index is 0.00572. The largest absolute Gasteiger partial charge is 0.478 e. The van der Waals surface area contributed by atoms with Crippen molar-refractivity contribution < 1.29 is 19.1 Å². The number of carbonyl (C=O) groups is 2. The molecule has 45 heavy (non-hydrogen) atoms. The first-order chi connectivity index (χ1) is 21.6. The second kappa shape index (κ2) is 12.2. The summed E-state index contributed by atoms with van der Waals surface area (Å²) in [5.74, 6) is -0.246. The number of furan rings is 1. The molecule has 0 aliphatic carbocycles.